The molecule has 4 rings (SSSR count). The zero-order chi connectivity index (χ0) is 31.7. The van der Waals surface area contributed by atoms with Gasteiger partial charge >= 0.3 is 0 Å². The minimum atomic E-state index is -0.230. The van der Waals surface area contributed by atoms with Crippen LogP contribution in [0.3, 0.4) is 0 Å². The molecule has 2 amide bonds. The van der Waals surface area contributed by atoms with Gasteiger partial charge in [-0.2, -0.15) is 0 Å². The zero-order valence-corrected chi connectivity index (χ0v) is 26.3. The Labute approximate surface area is 266 Å². The van der Waals surface area contributed by atoms with E-state index in [2.05, 4.69) is 24.5 Å². The highest BCUT2D eigenvalue weighted by Crippen LogP contribution is 2.27. The van der Waals surface area contributed by atoms with Gasteiger partial charge in [-0.05, 0) is 85.6 Å². The Morgan fingerprint density at radius 3 is 1.31 bits per heavy atom. The number of nitrogens with one attached hydrogen (secondary N) is 2. The predicted octanol–water partition coefficient (Wildman–Crippen LogP) is 9.90. The van der Waals surface area contributed by atoms with Gasteiger partial charge in [-0.1, -0.05) is 76.6 Å². The summed E-state index contributed by atoms with van der Waals surface area (Å²) >= 11 is 0. The molecule has 7 nitrogen and oxygen atoms in total. The zero-order valence-electron chi connectivity index (χ0n) is 26.3. The molecule has 4 aromatic carbocycles. The monoisotopic (exact) mass is 608 g/mol. The van der Waals surface area contributed by atoms with Gasteiger partial charge < -0.3 is 24.8 Å². The van der Waals surface area contributed by atoms with E-state index in [9.17, 15) is 9.59 Å². The van der Waals surface area contributed by atoms with Crippen molar-refractivity contribution in [1.29, 1.82) is 0 Å². The molecular formula is C38H44N2O5. The van der Waals surface area contributed by atoms with E-state index in [0.717, 1.165) is 25.7 Å². The van der Waals surface area contributed by atoms with Crippen molar-refractivity contribution in [3.8, 4) is 23.0 Å². The van der Waals surface area contributed by atoms with E-state index in [1.54, 1.807) is 60.7 Å². The summed E-state index contributed by atoms with van der Waals surface area (Å²) in [6.45, 7) is 5.53. The van der Waals surface area contributed by atoms with Crippen LogP contribution in [-0.4, -0.2) is 25.0 Å². The fraction of sp³-hybridized carbons (Fsp3) is 0.316. The van der Waals surface area contributed by atoms with Crippen molar-refractivity contribution in [3.05, 3.63) is 108 Å². The highest BCUT2D eigenvalue weighted by Gasteiger charge is 2.14. The number of benzene rings is 4. The normalized spacial score (nSPS) is 10.6. The molecule has 0 bridgehead atoms. The molecule has 0 aliphatic carbocycles. The maximum Gasteiger partial charge on any atom is 0.259 e. The molecule has 0 atom stereocenters. The number of unbranched alkanes of at least 4 members (excludes halogenated alkanes) is 6. The van der Waals surface area contributed by atoms with Gasteiger partial charge in [-0.15, -0.1) is 0 Å². The van der Waals surface area contributed by atoms with Gasteiger partial charge in [0, 0.05) is 11.4 Å². The summed E-state index contributed by atoms with van der Waals surface area (Å²) in [4.78, 5) is 26.0. The van der Waals surface area contributed by atoms with E-state index in [0.29, 0.717) is 58.7 Å². The number of ether oxygens (including phenoxy) is 3. The maximum atomic E-state index is 13.0. The van der Waals surface area contributed by atoms with Crippen molar-refractivity contribution in [2.75, 3.05) is 23.8 Å². The molecule has 0 fully saturated rings. The highest BCUT2D eigenvalue weighted by molar-refractivity contribution is 6.06. The number of hydrogen-bond donors (Lipinski definition) is 2. The Morgan fingerprint density at radius 2 is 0.911 bits per heavy atom. The van der Waals surface area contributed by atoms with Crippen LogP contribution in [0.1, 0.15) is 85.9 Å². The Bertz CT molecular complexity index is 1370. The summed E-state index contributed by atoms with van der Waals surface area (Å²) in [5.74, 6) is 1.94. The molecule has 0 aliphatic rings. The van der Waals surface area contributed by atoms with Crippen LogP contribution in [0.25, 0.3) is 0 Å². The first kappa shape index (κ1) is 33.1. The standard InChI is InChI=1S/C38H44N2O5/c1-3-5-7-13-27-43-35-17-11-9-15-33(35)37(41)39-29-19-23-31(24-20-29)45-32-25-21-30(22-26-32)40-38(42)34-16-10-12-18-36(34)44-28-14-8-6-4-2/h9-12,15-26H,3-8,13-14,27-28H2,1-2H3,(H,39,41)(H,40,42). The molecule has 0 heterocycles. The Balaban J connectivity index is 1.28. The number of carbonyl (C=O) groups is 2. The maximum absolute atomic E-state index is 13.0. The van der Waals surface area contributed by atoms with Crippen molar-refractivity contribution in [3.63, 3.8) is 0 Å². The molecule has 45 heavy (non-hydrogen) atoms. The van der Waals surface area contributed by atoms with Crippen LogP contribution in [0.15, 0.2) is 97.1 Å². The van der Waals surface area contributed by atoms with Gasteiger partial charge in [0.15, 0.2) is 0 Å². The van der Waals surface area contributed by atoms with E-state index in [1.165, 1.54) is 25.7 Å². The first-order valence-corrected chi connectivity index (χ1v) is 16.0. The molecule has 7 heteroatoms. The van der Waals surface area contributed by atoms with Crippen molar-refractivity contribution in [1.82, 2.24) is 0 Å². The Kier molecular flexibility index (Phi) is 13.3. The first-order chi connectivity index (χ1) is 22.1. The van der Waals surface area contributed by atoms with Gasteiger partial charge in [-0.25, -0.2) is 0 Å². The second kappa shape index (κ2) is 18.1. The largest absolute Gasteiger partial charge is 0.493 e. The van der Waals surface area contributed by atoms with Crippen molar-refractivity contribution in [2.24, 2.45) is 0 Å². The van der Waals surface area contributed by atoms with Crippen LogP contribution >= 0.6 is 0 Å². The number of anilines is 2. The number of rotatable bonds is 18. The van der Waals surface area contributed by atoms with Crippen LogP contribution in [0.4, 0.5) is 11.4 Å². The van der Waals surface area contributed by atoms with Gasteiger partial charge in [0.1, 0.15) is 23.0 Å². The second-order valence-corrected chi connectivity index (χ2v) is 10.9. The lowest BCUT2D eigenvalue weighted by molar-refractivity contribution is 0.101. The minimum absolute atomic E-state index is 0.230. The number of amides is 2. The van der Waals surface area contributed by atoms with Crippen molar-refractivity contribution < 1.29 is 23.8 Å². The summed E-state index contributed by atoms with van der Waals surface area (Å²) in [5.41, 5.74) is 2.29. The Hall–Kier alpha value is -4.78. The molecule has 0 spiro atoms. The summed E-state index contributed by atoms with van der Waals surface area (Å²) in [7, 11) is 0. The van der Waals surface area contributed by atoms with Crippen LogP contribution < -0.4 is 24.8 Å². The van der Waals surface area contributed by atoms with Gasteiger partial charge in [0.25, 0.3) is 11.8 Å². The van der Waals surface area contributed by atoms with E-state index < -0.39 is 0 Å². The van der Waals surface area contributed by atoms with E-state index in [1.807, 2.05) is 36.4 Å². The van der Waals surface area contributed by atoms with Crippen LogP contribution in [-0.2, 0) is 0 Å². The molecular weight excluding hydrogens is 564 g/mol. The molecule has 0 unspecified atom stereocenters. The topological polar surface area (TPSA) is 85.9 Å². The van der Waals surface area contributed by atoms with Crippen molar-refractivity contribution in [2.45, 2.75) is 65.2 Å². The van der Waals surface area contributed by atoms with Crippen molar-refractivity contribution >= 4 is 23.2 Å². The SMILES string of the molecule is CCCCCCOc1ccccc1C(=O)Nc1ccc(Oc2ccc(NC(=O)c3ccccc3OCCCCCC)cc2)cc1. The number of carbonyl (C=O) groups excluding carboxylic acids is 2. The van der Waals surface area contributed by atoms with Crippen LogP contribution in [0.5, 0.6) is 23.0 Å². The quantitative estimate of drug-likeness (QED) is 0.110. The third-order valence-electron chi connectivity index (χ3n) is 7.23. The van der Waals surface area contributed by atoms with E-state index in [-0.39, 0.29) is 11.8 Å². The summed E-state index contributed by atoms with van der Waals surface area (Å²) in [5, 5.41) is 5.88. The average Bonchev–Trinajstić information content (AvgIpc) is 3.06. The van der Waals surface area contributed by atoms with Gasteiger partial charge in [-0.3, -0.25) is 9.59 Å². The lowest BCUT2D eigenvalue weighted by atomic mass is 10.1. The lowest BCUT2D eigenvalue weighted by Gasteiger charge is -2.13. The Morgan fingerprint density at radius 1 is 0.511 bits per heavy atom. The van der Waals surface area contributed by atoms with Gasteiger partial charge in [0.05, 0.1) is 24.3 Å². The van der Waals surface area contributed by atoms with E-state index in [4.69, 9.17) is 14.2 Å². The molecule has 0 saturated heterocycles. The smallest absolute Gasteiger partial charge is 0.259 e. The van der Waals surface area contributed by atoms with Crippen LogP contribution in [0.2, 0.25) is 0 Å². The molecule has 4 aromatic rings. The summed E-state index contributed by atoms with van der Waals surface area (Å²) in [6, 6.07) is 28.9. The molecule has 236 valence electrons. The predicted molar refractivity (Wildman–Crippen MR) is 181 cm³/mol. The van der Waals surface area contributed by atoms with Crippen LogP contribution in [0, 0.1) is 0 Å². The molecule has 0 radical (unpaired) electrons. The average molecular weight is 609 g/mol. The second-order valence-electron chi connectivity index (χ2n) is 10.9. The summed E-state index contributed by atoms with van der Waals surface area (Å²) in [6.07, 6.45) is 8.85. The molecule has 2 N–H and O–H groups in total. The van der Waals surface area contributed by atoms with E-state index >= 15 is 0 Å². The molecule has 0 aromatic heterocycles. The van der Waals surface area contributed by atoms with Gasteiger partial charge in [0.2, 0.25) is 0 Å². The highest BCUT2D eigenvalue weighted by atomic mass is 16.5. The first-order valence-electron chi connectivity index (χ1n) is 16.0. The molecule has 0 saturated carbocycles. The number of hydrogen-bond acceptors (Lipinski definition) is 5. The lowest BCUT2D eigenvalue weighted by Crippen LogP contribution is -2.14. The number of para-hydroxylation sites is 2. The minimum Gasteiger partial charge on any atom is -0.493 e. The third-order valence-corrected chi connectivity index (χ3v) is 7.23. The molecule has 0 aliphatic heterocycles. The fourth-order valence-electron chi connectivity index (χ4n) is 4.73. The fourth-order valence-corrected chi connectivity index (χ4v) is 4.73. The summed E-state index contributed by atoms with van der Waals surface area (Å²) < 4.78 is 17.8. The third kappa shape index (κ3) is 10.7.